The van der Waals surface area contributed by atoms with E-state index in [0.29, 0.717) is 11.3 Å². The summed E-state index contributed by atoms with van der Waals surface area (Å²) < 4.78 is 7.74. The number of carboxylic acids is 1. The molecular weight excluding hydrogens is 522 g/mol. The van der Waals surface area contributed by atoms with Crippen molar-refractivity contribution in [2.45, 2.75) is 18.0 Å². The molecule has 37 heavy (non-hydrogen) atoms. The average Bonchev–Trinajstić information content (AvgIpc) is 3.50. The molecule has 5 heterocycles. The van der Waals surface area contributed by atoms with E-state index in [2.05, 4.69) is 19.8 Å². The second-order valence-electron chi connectivity index (χ2n) is 7.84. The fraction of sp³-hybridized carbons (Fsp3) is 0.238. The molecule has 0 aliphatic carbocycles. The predicted molar refractivity (Wildman–Crippen MR) is 130 cm³/mol. The Bertz CT molecular complexity index is 1520. The number of nitrogens with one attached hydrogen (secondary N) is 1. The largest absolute Gasteiger partial charge is 0.477 e. The molecule has 0 saturated carbocycles. The van der Waals surface area contributed by atoms with Crippen LogP contribution in [0, 0.1) is 11.3 Å². The van der Waals surface area contributed by atoms with Crippen molar-refractivity contribution in [2.75, 3.05) is 18.1 Å². The third-order valence-electron chi connectivity index (χ3n) is 5.62. The van der Waals surface area contributed by atoms with Crippen LogP contribution < -0.4 is 15.6 Å². The predicted octanol–water partition coefficient (Wildman–Crippen LogP) is -0.656. The Kier molecular flexibility index (Phi) is 6.46. The number of nitrogens with two attached hydrogens (primary N) is 1. The van der Waals surface area contributed by atoms with E-state index in [9.17, 15) is 19.5 Å². The fourth-order valence-electron chi connectivity index (χ4n) is 4.04. The van der Waals surface area contributed by atoms with E-state index in [1.807, 2.05) is 45.8 Å². The highest BCUT2D eigenvalue weighted by atomic mass is 32.2. The van der Waals surface area contributed by atoms with Crippen molar-refractivity contribution in [3.05, 3.63) is 53.9 Å². The lowest BCUT2D eigenvalue weighted by atomic mass is 10.0. The van der Waals surface area contributed by atoms with E-state index in [1.165, 1.54) is 16.7 Å². The highest BCUT2D eigenvalue weighted by molar-refractivity contribution is 8.00. The molecule has 0 bridgehead atoms. The van der Waals surface area contributed by atoms with Gasteiger partial charge in [0, 0.05) is 28.9 Å². The van der Waals surface area contributed by atoms with Crippen LogP contribution in [0.5, 0.6) is 0 Å². The summed E-state index contributed by atoms with van der Waals surface area (Å²) in [4.78, 5) is 48.1. The van der Waals surface area contributed by atoms with Crippen LogP contribution in [-0.2, 0) is 25.8 Å². The summed E-state index contributed by atoms with van der Waals surface area (Å²) in [5.74, 6) is -2.40. The molecule has 1 saturated heterocycles. The topological polar surface area (TPSA) is 192 Å². The number of rotatable bonds is 8. The molecule has 3 aromatic heterocycles. The van der Waals surface area contributed by atoms with Crippen LogP contribution >= 0.6 is 23.3 Å². The quantitative estimate of drug-likeness (QED) is 0.109. The fourth-order valence-corrected chi connectivity index (χ4v) is 5.81. The number of carbonyl (C=O) groups excluding carboxylic acids is 2. The molecule has 16 heteroatoms. The van der Waals surface area contributed by atoms with Crippen LogP contribution in [-0.4, -0.2) is 71.0 Å². The normalized spacial score (nSPS) is 19.3. The number of carboxylic acid groups (broad SMARTS) is 1. The smallest absolute Gasteiger partial charge is 0.352 e. The number of nitriles is 1. The van der Waals surface area contributed by atoms with E-state index in [1.54, 1.807) is 6.07 Å². The van der Waals surface area contributed by atoms with Crippen molar-refractivity contribution < 1.29 is 28.9 Å². The number of anilines is 1. The number of nitrogen functional groups attached to an aromatic ring is 1. The number of pyridine rings is 1. The van der Waals surface area contributed by atoms with E-state index >= 15 is 0 Å². The van der Waals surface area contributed by atoms with Gasteiger partial charge < -0.3 is 21.0 Å². The summed E-state index contributed by atoms with van der Waals surface area (Å²) >= 11 is 2.18. The number of oxime groups is 1. The Morgan fingerprint density at radius 2 is 2.24 bits per heavy atom. The van der Waals surface area contributed by atoms with E-state index in [-0.39, 0.29) is 28.9 Å². The molecule has 188 valence electrons. The molecule has 0 aromatic carbocycles. The molecule has 3 aromatic rings. The first-order chi connectivity index (χ1) is 17.9. The molecule has 2 aliphatic rings. The Labute approximate surface area is 216 Å². The molecule has 5 rings (SSSR count). The molecule has 4 N–H and O–H groups in total. The number of hydrogen-bond acceptors (Lipinski definition) is 11. The lowest BCUT2D eigenvalue weighted by Crippen LogP contribution is -2.71. The van der Waals surface area contributed by atoms with Gasteiger partial charge in [0.1, 0.15) is 42.1 Å². The minimum Gasteiger partial charge on any atom is -0.477 e. The monoisotopic (exact) mass is 540 g/mol. The average molecular weight is 541 g/mol. The first-order valence-electron chi connectivity index (χ1n) is 10.7. The van der Waals surface area contributed by atoms with Crippen molar-refractivity contribution >= 4 is 57.6 Å². The summed E-state index contributed by atoms with van der Waals surface area (Å²) in [6.07, 6.45) is 5.59. The second-order valence-corrected chi connectivity index (χ2v) is 9.73. The number of imidazole rings is 1. The zero-order valence-corrected chi connectivity index (χ0v) is 20.5. The second kappa shape index (κ2) is 9.87. The Morgan fingerprint density at radius 1 is 1.41 bits per heavy atom. The number of nitrogens with zero attached hydrogens (tertiary/aromatic N) is 7. The number of fused-ring (bicyclic) bond motifs is 2. The maximum absolute atomic E-state index is 13.1. The highest BCUT2D eigenvalue weighted by Crippen LogP contribution is 2.40. The number of β-lactam (4-membered cyclic amide) rings is 1. The van der Waals surface area contributed by atoms with Gasteiger partial charge in [-0.2, -0.15) is 14.6 Å². The van der Waals surface area contributed by atoms with Crippen LogP contribution in [0.4, 0.5) is 5.13 Å². The summed E-state index contributed by atoms with van der Waals surface area (Å²) in [5.41, 5.74) is 6.58. The van der Waals surface area contributed by atoms with E-state index in [0.717, 1.165) is 17.2 Å². The number of amides is 2. The Hall–Kier alpha value is -4.49. The first-order valence-corrected chi connectivity index (χ1v) is 12.5. The third kappa shape index (κ3) is 4.45. The SMILES string of the molecule is N#CCON=C(C(=O)N[C@@H]1C(=O)N2C(C(=O)O)=C(C[n+]3ccn4ccccc43)CS[C@@H]12)c1nsc(N)n1. The van der Waals surface area contributed by atoms with Gasteiger partial charge in [0.05, 0.1) is 6.20 Å². The van der Waals surface area contributed by atoms with Crippen molar-refractivity contribution in [1.29, 1.82) is 5.26 Å². The maximum Gasteiger partial charge on any atom is 0.352 e. The molecule has 14 nitrogen and oxygen atoms in total. The van der Waals surface area contributed by atoms with Gasteiger partial charge in [-0.05, 0) is 6.07 Å². The number of carbonyl (C=O) groups is 3. The lowest BCUT2D eigenvalue weighted by Gasteiger charge is -2.49. The molecule has 2 atom stereocenters. The molecule has 0 spiro atoms. The van der Waals surface area contributed by atoms with Gasteiger partial charge >= 0.3 is 5.97 Å². The summed E-state index contributed by atoms with van der Waals surface area (Å²) in [5, 5.41) is 24.3. The Balaban J connectivity index is 1.36. The minimum atomic E-state index is -1.23. The third-order valence-corrected chi connectivity index (χ3v) is 7.50. The zero-order chi connectivity index (χ0) is 26.1. The van der Waals surface area contributed by atoms with Crippen molar-refractivity contribution in [2.24, 2.45) is 5.16 Å². The van der Waals surface area contributed by atoms with Gasteiger partial charge in [-0.1, -0.05) is 11.2 Å². The van der Waals surface area contributed by atoms with Crippen LogP contribution in [0.15, 0.2) is 53.2 Å². The van der Waals surface area contributed by atoms with Crippen LogP contribution in [0.2, 0.25) is 0 Å². The summed E-state index contributed by atoms with van der Waals surface area (Å²) in [7, 11) is 0. The van der Waals surface area contributed by atoms with Gasteiger partial charge in [0.25, 0.3) is 17.5 Å². The van der Waals surface area contributed by atoms with E-state index < -0.39 is 35.8 Å². The lowest BCUT2D eigenvalue weighted by molar-refractivity contribution is -0.662. The van der Waals surface area contributed by atoms with Crippen LogP contribution in [0.3, 0.4) is 0 Å². The van der Waals surface area contributed by atoms with Gasteiger partial charge in [-0.25, -0.2) is 13.8 Å². The number of thioether (sulfide) groups is 1. The number of aliphatic carboxylic acids is 1. The van der Waals surface area contributed by atoms with Gasteiger partial charge in [-0.15, -0.1) is 11.8 Å². The van der Waals surface area contributed by atoms with Crippen molar-refractivity contribution in [3.63, 3.8) is 0 Å². The summed E-state index contributed by atoms with van der Waals surface area (Å²) in [6, 6.07) is 6.39. The number of aromatic nitrogens is 4. The van der Waals surface area contributed by atoms with Crippen molar-refractivity contribution in [3.8, 4) is 6.07 Å². The van der Waals surface area contributed by atoms with Gasteiger partial charge in [0.2, 0.25) is 18.1 Å². The summed E-state index contributed by atoms with van der Waals surface area (Å²) in [6.45, 7) is -0.137. The molecule has 2 aliphatic heterocycles. The molecule has 1 fully saturated rings. The van der Waals surface area contributed by atoms with Crippen LogP contribution in [0.1, 0.15) is 5.82 Å². The highest BCUT2D eigenvalue weighted by Gasteiger charge is 2.54. The maximum atomic E-state index is 13.1. The Morgan fingerprint density at radius 3 is 2.97 bits per heavy atom. The van der Waals surface area contributed by atoms with Crippen molar-refractivity contribution in [1.82, 2.24) is 24.0 Å². The van der Waals surface area contributed by atoms with Crippen LogP contribution in [0.25, 0.3) is 5.65 Å². The minimum absolute atomic E-state index is 0.0853. The first kappa shape index (κ1) is 24.2. The van der Waals surface area contributed by atoms with Gasteiger partial charge in [-0.3, -0.25) is 14.5 Å². The van der Waals surface area contributed by atoms with Gasteiger partial charge in [0.15, 0.2) is 5.13 Å². The molecular formula is C21H18N9O5S2+. The van der Waals surface area contributed by atoms with E-state index in [4.69, 9.17) is 15.8 Å². The zero-order valence-electron chi connectivity index (χ0n) is 18.8. The molecule has 0 radical (unpaired) electrons. The standard InChI is InChI=1S/C21H17N9O5S2/c22-4-8-35-26-13(16-25-21(23)37-27-16)17(31)24-14-18(32)30-15(20(33)34)11(10-36-19(14)30)9-29-7-6-28-5-2-1-3-12(28)29/h1-3,5-7,14,19H,8-10H2,(H3-,23,24,25,27,31,33,34)/p+1/t14-,19+/m1/s1. The molecule has 0 unspecified atom stereocenters. The molecule has 2 amide bonds. The number of hydrogen-bond donors (Lipinski definition) is 3.